The summed E-state index contributed by atoms with van der Waals surface area (Å²) in [6.07, 6.45) is 0. The summed E-state index contributed by atoms with van der Waals surface area (Å²) in [5.74, 6) is 0.718. The number of anilines is 2. The molecule has 0 saturated carbocycles. The summed E-state index contributed by atoms with van der Waals surface area (Å²) in [5, 5.41) is 8.89. The summed E-state index contributed by atoms with van der Waals surface area (Å²) in [5.41, 5.74) is 1.60. The van der Waals surface area contributed by atoms with E-state index in [1.807, 2.05) is 6.92 Å². The number of fused-ring (bicyclic) bond motifs is 1. The third kappa shape index (κ3) is 4.83. The Balaban J connectivity index is 1.60. The number of hydrogen-bond donors (Lipinski definition) is 3. The van der Waals surface area contributed by atoms with E-state index in [1.165, 1.54) is 0 Å². The van der Waals surface area contributed by atoms with E-state index in [2.05, 4.69) is 16.0 Å². The van der Waals surface area contributed by atoms with Gasteiger partial charge in [-0.2, -0.15) is 0 Å². The molecule has 2 amide bonds. The SMILES string of the molecule is CCNC(=O)c1cccc(NC(=O)CNc2cc3c(cc2Cl)OCCO3)c1. The molecule has 8 heteroatoms. The Hall–Kier alpha value is -2.93. The molecule has 1 aliphatic heterocycles. The lowest BCUT2D eigenvalue weighted by Gasteiger charge is -2.20. The number of hydrogen-bond acceptors (Lipinski definition) is 5. The van der Waals surface area contributed by atoms with Crippen LogP contribution in [-0.2, 0) is 4.79 Å². The molecule has 0 spiro atoms. The molecule has 0 aliphatic carbocycles. The van der Waals surface area contributed by atoms with Crippen LogP contribution in [0.25, 0.3) is 0 Å². The van der Waals surface area contributed by atoms with Gasteiger partial charge in [-0.3, -0.25) is 9.59 Å². The third-order valence-corrected chi connectivity index (χ3v) is 4.13. The van der Waals surface area contributed by atoms with Gasteiger partial charge >= 0.3 is 0 Å². The van der Waals surface area contributed by atoms with E-state index < -0.39 is 0 Å². The van der Waals surface area contributed by atoms with Gasteiger partial charge in [-0.1, -0.05) is 17.7 Å². The van der Waals surface area contributed by atoms with Crippen molar-refractivity contribution in [3.63, 3.8) is 0 Å². The lowest BCUT2D eigenvalue weighted by molar-refractivity contribution is -0.114. The standard InChI is InChI=1S/C19H20ClN3O4/c1-2-21-19(25)12-4-3-5-13(8-12)23-18(24)11-22-15-10-17-16(9-14(15)20)26-6-7-27-17/h3-5,8-10,22H,2,6-7,11H2,1H3,(H,21,25)(H,23,24). The summed E-state index contributed by atoms with van der Waals surface area (Å²) in [6, 6.07) is 10.1. The average molecular weight is 390 g/mol. The van der Waals surface area contributed by atoms with Crippen molar-refractivity contribution in [2.45, 2.75) is 6.92 Å². The van der Waals surface area contributed by atoms with Gasteiger partial charge in [0.25, 0.3) is 5.91 Å². The molecule has 142 valence electrons. The van der Waals surface area contributed by atoms with Crippen molar-refractivity contribution in [1.29, 1.82) is 0 Å². The zero-order valence-corrected chi connectivity index (χ0v) is 15.6. The summed E-state index contributed by atoms with van der Waals surface area (Å²) >= 11 is 6.22. The van der Waals surface area contributed by atoms with Crippen molar-refractivity contribution in [3.05, 3.63) is 47.0 Å². The fourth-order valence-corrected chi connectivity index (χ4v) is 2.80. The van der Waals surface area contributed by atoms with Gasteiger partial charge in [-0.25, -0.2) is 0 Å². The molecule has 0 saturated heterocycles. The summed E-state index contributed by atoms with van der Waals surface area (Å²) in [7, 11) is 0. The molecule has 0 aromatic heterocycles. The average Bonchev–Trinajstić information content (AvgIpc) is 2.66. The highest BCUT2D eigenvalue weighted by atomic mass is 35.5. The number of halogens is 1. The highest BCUT2D eigenvalue weighted by molar-refractivity contribution is 6.33. The van der Waals surface area contributed by atoms with Gasteiger partial charge in [-0.15, -0.1) is 0 Å². The summed E-state index contributed by atoms with van der Waals surface area (Å²) in [6.45, 7) is 3.34. The molecule has 2 aromatic rings. The molecular weight excluding hydrogens is 370 g/mol. The van der Waals surface area contributed by atoms with Crippen LogP contribution in [0.15, 0.2) is 36.4 Å². The number of ether oxygens (including phenoxy) is 2. The van der Waals surface area contributed by atoms with Crippen molar-refractivity contribution in [2.24, 2.45) is 0 Å². The van der Waals surface area contributed by atoms with E-state index in [9.17, 15) is 9.59 Å². The zero-order chi connectivity index (χ0) is 19.2. The largest absolute Gasteiger partial charge is 0.486 e. The predicted molar refractivity (Wildman–Crippen MR) is 104 cm³/mol. The molecule has 0 bridgehead atoms. The van der Waals surface area contributed by atoms with Crippen LogP contribution in [-0.4, -0.2) is 38.1 Å². The first-order valence-electron chi connectivity index (χ1n) is 8.58. The van der Waals surface area contributed by atoms with Gasteiger partial charge in [0, 0.05) is 29.9 Å². The number of carbonyl (C=O) groups is 2. The highest BCUT2D eigenvalue weighted by Crippen LogP contribution is 2.37. The van der Waals surface area contributed by atoms with Gasteiger partial charge in [0.2, 0.25) is 5.91 Å². The molecule has 0 fully saturated rings. The van der Waals surface area contributed by atoms with Crippen LogP contribution in [0, 0.1) is 0 Å². The second kappa shape index (κ2) is 8.64. The molecule has 7 nitrogen and oxygen atoms in total. The van der Waals surface area contributed by atoms with Crippen molar-refractivity contribution < 1.29 is 19.1 Å². The molecule has 1 heterocycles. The first-order valence-corrected chi connectivity index (χ1v) is 8.95. The predicted octanol–water partition coefficient (Wildman–Crippen LogP) is 2.91. The van der Waals surface area contributed by atoms with Gasteiger partial charge < -0.3 is 25.4 Å². The van der Waals surface area contributed by atoms with Crippen molar-refractivity contribution in [3.8, 4) is 11.5 Å². The monoisotopic (exact) mass is 389 g/mol. The van der Waals surface area contributed by atoms with E-state index in [1.54, 1.807) is 36.4 Å². The molecule has 2 aromatic carbocycles. The third-order valence-electron chi connectivity index (χ3n) is 3.82. The van der Waals surface area contributed by atoms with Gasteiger partial charge in [0.05, 0.1) is 17.3 Å². The van der Waals surface area contributed by atoms with Crippen LogP contribution in [0.2, 0.25) is 5.02 Å². The topological polar surface area (TPSA) is 88.7 Å². The minimum absolute atomic E-state index is 0.00471. The first-order chi connectivity index (χ1) is 13.1. The number of carbonyl (C=O) groups excluding carboxylic acids is 2. The van der Waals surface area contributed by atoms with E-state index in [0.29, 0.717) is 53.2 Å². The van der Waals surface area contributed by atoms with Gasteiger partial charge in [0.15, 0.2) is 11.5 Å². The first kappa shape index (κ1) is 18.8. The molecule has 27 heavy (non-hydrogen) atoms. The Labute approximate surface area is 162 Å². The van der Waals surface area contributed by atoms with Crippen LogP contribution in [0.4, 0.5) is 11.4 Å². The van der Waals surface area contributed by atoms with Crippen molar-refractivity contribution in [1.82, 2.24) is 5.32 Å². The Kier molecular flexibility index (Phi) is 6.03. The highest BCUT2D eigenvalue weighted by Gasteiger charge is 2.15. The maximum atomic E-state index is 12.2. The molecule has 3 N–H and O–H groups in total. The molecule has 1 aliphatic rings. The van der Waals surface area contributed by atoms with Crippen molar-refractivity contribution >= 4 is 34.8 Å². The fourth-order valence-electron chi connectivity index (χ4n) is 2.58. The van der Waals surface area contributed by atoms with Crippen LogP contribution >= 0.6 is 11.6 Å². The van der Waals surface area contributed by atoms with Crippen LogP contribution in [0.1, 0.15) is 17.3 Å². The number of benzene rings is 2. The van der Waals surface area contributed by atoms with Crippen LogP contribution < -0.4 is 25.4 Å². The quantitative estimate of drug-likeness (QED) is 0.707. The maximum Gasteiger partial charge on any atom is 0.251 e. The van der Waals surface area contributed by atoms with Gasteiger partial charge in [-0.05, 0) is 25.1 Å². The number of rotatable bonds is 6. The normalized spacial score (nSPS) is 12.2. The second-order valence-corrected chi connectivity index (χ2v) is 6.22. The number of nitrogens with one attached hydrogen (secondary N) is 3. The lowest BCUT2D eigenvalue weighted by Crippen LogP contribution is -2.24. The Morgan fingerprint density at radius 3 is 2.59 bits per heavy atom. The fraction of sp³-hybridized carbons (Fsp3) is 0.263. The molecule has 3 rings (SSSR count). The summed E-state index contributed by atoms with van der Waals surface area (Å²) < 4.78 is 11.0. The Morgan fingerprint density at radius 2 is 1.85 bits per heavy atom. The van der Waals surface area contributed by atoms with E-state index in [-0.39, 0.29) is 18.4 Å². The number of amides is 2. The molecule has 0 radical (unpaired) electrons. The second-order valence-electron chi connectivity index (χ2n) is 5.82. The van der Waals surface area contributed by atoms with E-state index >= 15 is 0 Å². The minimum atomic E-state index is -0.269. The molecule has 0 atom stereocenters. The Morgan fingerprint density at radius 1 is 1.11 bits per heavy atom. The van der Waals surface area contributed by atoms with E-state index in [4.69, 9.17) is 21.1 Å². The molecule has 0 unspecified atom stereocenters. The van der Waals surface area contributed by atoms with Gasteiger partial charge in [0.1, 0.15) is 13.2 Å². The zero-order valence-electron chi connectivity index (χ0n) is 14.8. The van der Waals surface area contributed by atoms with Crippen molar-refractivity contribution in [2.75, 3.05) is 36.9 Å². The van der Waals surface area contributed by atoms with Crippen LogP contribution in [0.3, 0.4) is 0 Å². The smallest absolute Gasteiger partial charge is 0.251 e. The summed E-state index contributed by atoms with van der Waals surface area (Å²) in [4.78, 5) is 24.1. The van der Waals surface area contributed by atoms with E-state index in [0.717, 1.165) is 0 Å². The Bertz CT molecular complexity index is 857. The lowest BCUT2D eigenvalue weighted by atomic mass is 10.2. The maximum absolute atomic E-state index is 12.2. The minimum Gasteiger partial charge on any atom is -0.486 e. The molecular formula is C19H20ClN3O4. The van der Waals surface area contributed by atoms with Crippen LogP contribution in [0.5, 0.6) is 11.5 Å².